The van der Waals surface area contributed by atoms with Gasteiger partial charge < -0.3 is 163 Å². The molecule has 0 rings (SSSR count). The molecule has 34 heteroatoms. The van der Waals surface area contributed by atoms with Gasteiger partial charge in [-0.05, 0) is 12.8 Å². The Morgan fingerprint density at radius 2 is 0.284 bits per heavy atom. The zero-order chi connectivity index (χ0) is 71.2. The minimum atomic E-state index is -0.954. The van der Waals surface area contributed by atoms with Crippen molar-refractivity contribution in [2.24, 2.45) is 0 Å². The number of aliphatic hydroxyl groups excluding tert-OH is 30. The highest BCUT2D eigenvalue weighted by Gasteiger charge is 2.01. The molecule has 0 radical (unpaired) electrons. The molecule has 88 heavy (non-hydrogen) atoms. The molecule has 0 aromatic carbocycles. The molecule has 0 aliphatic heterocycles. The normalized spacial score (nSPS) is 10.1. The molecule has 0 heterocycles. The fraction of sp³-hybridized carbons (Fsp3) is 0.963. The fourth-order valence-electron chi connectivity index (χ4n) is 3.75. The lowest BCUT2D eigenvalue weighted by Gasteiger charge is -2.00. The summed E-state index contributed by atoms with van der Waals surface area (Å²) in [7, 11) is 0. The van der Waals surface area contributed by atoms with Crippen molar-refractivity contribution in [2.45, 2.75) is 203 Å². The van der Waals surface area contributed by atoms with Gasteiger partial charge in [0.25, 0.3) is 0 Å². The van der Waals surface area contributed by atoms with E-state index >= 15 is 0 Å². The average molecular weight is 1320 g/mol. The Bertz CT molecular complexity index is 881. The second kappa shape index (κ2) is 109. The van der Waals surface area contributed by atoms with Crippen molar-refractivity contribution >= 4 is 11.9 Å². The van der Waals surface area contributed by atoms with Crippen LogP contribution in [0, 0.1) is 0 Å². The SMILES string of the molecule is CCCCCCCCCCCC(=O)O.CCCCCCCCCCCC(=O)O.OCC(O)CO.OCC(O)CO.OCC(O)CO.OCC(O)CO.OCC(O)CO.OCC(O)CO.OCC(O)CO.OCC(O)CO.OCC(O)CO.OCC(O)CO. The van der Waals surface area contributed by atoms with Gasteiger partial charge in [-0.3, -0.25) is 9.59 Å². The molecule has 0 amide bonds. The maximum Gasteiger partial charge on any atom is 0.303 e. The first-order valence-corrected chi connectivity index (χ1v) is 29.0. The first-order chi connectivity index (χ1) is 41.6. The lowest BCUT2D eigenvalue weighted by Crippen LogP contribution is -2.15. The molecule has 548 valence electrons. The highest BCUT2D eigenvalue weighted by molar-refractivity contribution is 5.66. The number of carboxylic acids is 2. The number of hydrogen-bond acceptors (Lipinski definition) is 32. The fourth-order valence-corrected chi connectivity index (χ4v) is 3.75. The number of carboxylic acid groups (broad SMARTS) is 2. The highest BCUT2D eigenvalue weighted by atomic mass is 16.4. The van der Waals surface area contributed by atoms with E-state index in [0.717, 1.165) is 25.7 Å². The molecule has 0 saturated heterocycles. The monoisotopic (exact) mass is 1320 g/mol. The topological polar surface area (TPSA) is 682 Å². The Morgan fingerprint density at radius 3 is 0.352 bits per heavy atom. The molecule has 0 aliphatic rings. The van der Waals surface area contributed by atoms with E-state index in [4.69, 9.17) is 163 Å². The van der Waals surface area contributed by atoms with Gasteiger partial charge in [0.05, 0.1) is 132 Å². The molecule has 34 nitrogen and oxygen atoms in total. The van der Waals surface area contributed by atoms with Gasteiger partial charge in [0.15, 0.2) is 0 Å². The molecule has 0 aliphatic carbocycles. The van der Waals surface area contributed by atoms with Gasteiger partial charge in [0, 0.05) is 12.8 Å². The quantitative estimate of drug-likeness (QED) is 0.0253. The number of aliphatic hydroxyl groups is 30. The van der Waals surface area contributed by atoms with Gasteiger partial charge in [-0.15, -0.1) is 0 Å². The van der Waals surface area contributed by atoms with E-state index in [1.807, 2.05) is 0 Å². The third-order valence-electron chi connectivity index (χ3n) is 9.20. The zero-order valence-electron chi connectivity index (χ0n) is 52.2. The molecule has 32 N–H and O–H groups in total. The van der Waals surface area contributed by atoms with Crippen LogP contribution in [0.2, 0.25) is 0 Å². The largest absolute Gasteiger partial charge is 0.481 e. The minimum absolute atomic E-state index is 0.343. The number of unbranched alkanes of at least 4 members (excludes halogenated alkanes) is 16. The van der Waals surface area contributed by atoms with Gasteiger partial charge in [-0.25, -0.2) is 0 Å². The van der Waals surface area contributed by atoms with Crippen LogP contribution in [0.15, 0.2) is 0 Å². The predicted octanol–water partition coefficient (Wildman–Crippen LogP) is -8.70. The summed E-state index contributed by atoms with van der Waals surface area (Å²) in [6.07, 6.45) is 13.4. The van der Waals surface area contributed by atoms with Gasteiger partial charge in [-0.2, -0.15) is 0 Å². The van der Waals surface area contributed by atoms with Gasteiger partial charge in [0.1, 0.15) is 61.0 Å². The van der Waals surface area contributed by atoms with Crippen LogP contribution in [0.1, 0.15) is 142 Å². The Balaban J connectivity index is -0.0000000730. The first kappa shape index (κ1) is 113. The standard InChI is InChI=1S/2C12H24O2.10C3H8O3/c2*1-2-3-4-5-6-7-8-9-10-11-12(13)14;10*4-1-3(6)2-5/h2*2-11H2,1H3,(H,13,14);10*3-6H,1-2H2. The van der Waals surface area contributed by atoms with Crippen molar-refractivity contribution in [3.05, 3.63) is 0 Å². The molecule has 0 aromatic heterocycles. The second-order valence-corrected chi connectivity index (χ2v) is 18.1. The summed E-state index contributed by atoms with van der Waals surface area (Å²) in [6, 6.07) is 0. The van der Waals surface area contributed by atoms with E-state index in [9.17, 15) is 9.59 Å². The lowest BCUT2D eigenvalue weighted by atomic mass is 10.1. The summed E-state index contributed by atoms with van der Waals surface area (Å²) in [5, 5.41) is 257. The summed E-state index contributed by atoms with van der Waals surface area (Å²) >= 11 is 0. The average Bonchev–Trinajstić information content (AvgIpc) is 3.56. The summed E-state index contributed by atoms with van der Waals surface area (Å²) in [6.45, 7) is -2.84. The molecule has 0 spiro atoms. The van der Waals surface area contributed by atoms with E-state index in [1.165, 1.54) is 89.9 Å². The van der Waals surface area contributed by atoms with Gasteiger partial charge in [-0.1, -0.05) is 117 Å². The summed E-state index contributed by atoms with van der Waals surface area (Å²) in [5.41, 5.74) is 0. The molecular formula is C54H128O34. The predicted molar refractivity (Wildman–Crippen MR) is 321 cm³/mol. The van der Waals surface area contributed by atoms with Crippen LogP contribution in [0.4, 0.5) is 0 Å². The molecule has 0 aromatic rings. The third-order valence-corrected chi connectivity index (χ3v) is 9.20. The van der Waals surface area contributed by atoms with Crippen LogP contribution in [0.25, 0.3) is 0 Å². The van der Waals surface area contributed by atoms with E-state index < -0.39 is 73.0 Å². The van der Waals surface area contributed by atoms with E-state index in [1.54, 1.807) is 0 Å². The molecular weight excluding hydrogens is 1190 g/mol. The zero-order valence-corrected chi connectivity index (χ0v) is 52.2. The molecule has 0 bridgehead atoms. The van der Waals surface area contributed by atoms with E-state index in [-0.39, 0.29) is 132 Å². The van der Waals surface area contributed by atoms with Crippen molar-refractivity contribution in [1.82, 2.24) is 0 Å². The summed E-state index contributed by atoms with van der Waals surface area (Å²) in [4.78, 5) is 20.4. The van der Waals surface area contributed by atoms with E-state index in [2.05, 4.69) is 13.8 Å². The number of carbonyl (C=O) groups is 2. The van der Waals surface area contributed by atoms with Crippen LogP contribution in [-0.2, 0) is 9.59 Å². The smallest absolute Gasteiger partial charge is 0.303 e. The van der Waals surface area contributed by atoms with Crippen molar-refractivity contribution in [2.75, 3.05) is 132 Å². The van der Waals surface area contributed by atoms with Crippen LogP contribution in [-0.4, -0.2) is 369 Å². The van der Waals surface area contributed by atoms with Crippen LogP contribution in [0.5, 0.6) is 0 Å². The summed E-state index contributed by atoms with van der Waals surface area (Å²) < 4.78 is 0. The Hall–Kier alpha value is -2.26. The van der Waals surface area contributed by atoms with Gasteiger partial charge in [0.2, 0.25) is 0 Å². The van der Waals surface area contributed by atoms with Crippen molar-refractivity contribution < 1.29 is 173 Å². The third kappa shape index (κ3) is 161. The van der Waals surface area contributed by atoms with Crippen molar-refractivity contribution in [3.8, 4) is 0 Å². The number of rotatable bonds is 40. The van der Waals surface area contributed by atoms with Crippen LogP contribution in [0.3, 0.4) is 0 Å². The first-order valence-electron chi connectivity index (χ1n) is 29.0. The highest BCUT2D eigenvalue weighted by Crippen LogP contribution is 2.11. The molecule has 0 unspecified atom stereocenters. The van der Waals surface area contributed by atoms with E-state index in [0.29, 0.717) is 12.8 Å². The molecule has 0 fully saturated rings. The van der Waals surface area contributed by atoms with Crippen LogP contribution < -0.4 is 0 Å². The summed E-state index contributed by atoms with van der Waals surface area (Å²) in [5.74, 6) is -1.32. The molecule has 0 saturated carbocycles. The maximum absolute atomic E-state index is 10.2. The Morgan fingerprint density at radius 1 is 0.193 bits per heavy atom. The minimum Gasteiger partial charge on any atom is -0.481 e. The van der Waals surface area contributed by atoms with Crippen molar-refractivity contribution in [1.29, 1.82) is 0 Å². The van der Waals surface area contributed by atoms with Gasteiger partial charge >= 0.3 is 11.9 Å². The second-order valence-electron chi connectivity index (χ2n) is 18.1. The van der Waals surface area contributed by atoms with Crippen molar-refractivity contribution in [3.63, 3.8) is 0 Å². The Labute approximate surface area is 519 Å². The number of aliphatic carboxylic acids is 2. The Kier molecular flexibility index (Phi) is 141. The maximum atomic E-state index is 10.2. The lowest BCUT2D eigenvalue weighted by molar-refractivity contribution is -0.138. The molecule has 0 atom stereocenters. The van der Waals surface area contributed by atoms with Crippen LogP contribution >= 0.6 is 0 Å². The number of hydrogen-bond donors (Lipinski definition) is 32.